The lowest BCUT2D eigenvalue weighted by Crippen LogP contribution is -2.28. The predicted octanol–water partition coefficient (Wildman–Crippen LogP) is 2.28. The Labute approximate surface area is 108 Å². The summed E-state index contributed by atoms with van der Waals surface area (Å²) in [6, 6.07) is 2.08. The Kier molecular flexibility index (Phi) is 6.01. The lowest BCUT2D eigenvalue weighted by Gasteiger charge is -2.16. The normalized spacial score (nSPS) is 10.4. The van der Waals surface area contributed by atoms with Crippen molar-refractivity contribution in [3.8, 4) is 0 Å². The molecule has 1 amide bonds. The van der Waals surface area contributed by atoms with Gasteiger partial charge in [0.1, 0.15) is 0 Å². The minimum absolute atomic E-state index is 0.0808. The van der Waals surface area contributed by atoms with E-state index in [1.807, 2.05) is 12.4 Å². The van der Waals surface area contributed by atoms with Gasteiger partial charge in [-0.1, -0.05) is 0 Å². The number of likely N-dealkylation sites (N-methyl/N-ethyl adjacent to an activating group) is 1. The van der Waals surface area contributed by atoms with Crippen molar-refractivity contribution in [2.24, 2.45) is 0 Å². The zero-order valence-electron chi connectivity index (χ0n) is 9.28. The van der Waals surface area contributed by atoms with Gasteiger partial charge in [-0.25, -0.2) is 0 Å². The Balaban J connectivity index is 2.29. The molecule has 1 aromatic heterocycles. The van der Waals surface area contributed by atoms with Gasteiger partial charge in [0.05, 0.1) is 0 Å². The van der Waals surface area contributed by atoms with Crippen molar-refractivity contribution < 1.29 is 9.90 Å². The van der Waals surface area contributed by atoms with Gasteiger partial charge in [0.2, 0.25) is 5.91 Å². The lowest BCUT2D eigenvalue weighted by molar-refractivity contribution is -0.130. The highest BCUT2D eigenvalue weighted by molar-refractivity contribution is 9.10. The third-order valence-electron chi connectivity index (χ3n) is 2.29. The van der Waals surface area contributed by atoms with Gasteiger partial charge < -0.3 is 10.0 Å². The molecule has 3 nitrogen and oxygen atoms in total. The van der Waals surface area contributed by atoms with E-state index in [9.17, 15) is 4.79 Å². The average Bonchev–Trinajstić information content (AvgIpc) is 2.68. The van der Waals surface area contributed by atoms with Crippen LogP contribution in [0.15, 0.2) is 15.9 Å². The summed E-state index contributed by atoms with van der Waals surface area (Å²) in [6.07, 6.45) is 1.87. The largest absolute Gasteiger partial charge is 0.396 e. The molecule has 0 aliphatic heterocycles. The molecule has 0 unspecified atom stereocenters. The third kappa shape index (κ3) is 4.63. The van der Waals surface area contributed by atoms with E-state index in [2.05, 4.69) is 22.0 Å². The first-order valence-corrected chi connectivity index (χ1v) is 6.88. The van der Waals surface area contributed by atoms with Crippen LogP contribution < -0.4 is 0 Å². The Morgan fingerprint density at radius 1 is 1.62 bits per heavy atom. The molecule has 0 spiro atoms. The van der Waals surface area contributed by atoms with Gasteiger partial charge in [-0.3, -0.25) is 4.79 Å². The molecule has 1 aromatic rings. The molecule has 0 fully saturated rings. The monoisotopic (exact) mass is 305 g/mol. The van der Waals surface area contributed by atoms with E-state index in [1.165, 1.54) is 4.88 Å². The van der Waals surface area contributed by atoms with Crippen LogP contribution >= 0.6 is 27.3 Å². The van der Waals surface area contributed by atoms with Crippen molar-refractivity contribution in [1.29, 1.82) is 0 Å². The van der Waals surface area contributed by atoms with E-state index in [0.29, 0.717) is 12.8 Å². The molecular weight excluding hydrogens is 290 g/mol. The van der Waals surface area contributed by atoms with E-state index >= 15 is 0 Å². The second-order valence-electron chi connectivity index (χ2n) is 3.62. The number of carbonyl (C=O) groups excluding carboxylic acids is 1. The number of aliphatic hydroxyl groups excluding tert-OH is 1. The molecule has 1 rings (SSSR count). The molecule has 0 radical (unpaired) electrons. The van der Waals surface area contributed by atoms with E-state index in [0.717, 1.165) is 17.4 Å². The second-order valence-corrected chi connectivity index (χ2v) is 5.54. The highest BCUT2D eigenvalue weighted by Crippen LogP contribution is 2.20. The number of hydrogen-bond donors (Lipinski definition) is 1. The summed E-state index contributed by atoms with van der Waals surface area (Å²) in [5, 5.41) is 10.7. The van der Waals surface area contributed by atoms with Crippen LogP contribution in [-0.2, 0) is 11.2 Å². The molecular formula is C11H16BrNO2S. The number of thiophene rings is 1. The Morgan fingerprint density at radius 2 is 2.38 bits per heavy atom. The fraction of sp³-hybridized carbons (Fsp3) is 0.545. The summed E-state index contributed by atoms with van der Waals surface area (Å²) in [5.74, 6) is 0.102. The van der Waals surface area contributed by atoms with Crippen LogP contribution in [0.4, 0.5) is 0 Å². The fourth-order valence-electron chi connectivity index (χ4n) is 1.31. The Bertz CT molecular complexity index is 340. The second kappa shape index (κ2) is 7.04. The summed E-state index contributed by atoms with van der Waals surface area (Å²) in [5.41, 5.74) is 0. The van der Waals surface area contributed by atoms with Crippen molar-refractivity contribution in [2.45, 2.75) is 19.3 Å². The minimum atomic E-state index is 0.0808. The van der Waals surface area contributed by atoms with Gasteiger partial charge in [0.15, 0.2) is 0 Å². The van der Waals surface area contributed by atoms with Crippen molar-refractivity contribution in [1.82, 2.24) is 4.90 Å². The first-order chi connectivity index (χ1) is 7.63. The zero-order chi connectivity index (χ0) is 12.0. The Hall–Kier alpha value is -0.390. The molecule has 90 valence electrons. The fourth-order valence-corrected chi connectivity index (χ4v) is 2.75. The van der Waals surface area contributed by atoms with Crippen LogP contribution in [0.1, 0.15) is 17.7 Å². The number of rotatable bonds is 6. The van der Waals surface area contributed by atoms with Crippen LogP contribution in [0.5, 0.6) is 0 Å². The molecule has 1 N–H and O–H groups in total. The standard InChI is InChI=1S/C11H16BrNO2S/c1-13(11(15)3-2-6-14)5-4-10-7-9(12)8-16-10/h7-8,14H,2-6H2,1H3. The van der Waals surface area contributed by atoms with Crippen LogP contribution in [0.2, 0.25) is 0 Å². The molecule has 0 aromatic carbocycles. The van der Waals surface area contributed by atoms with Crippen molar-refractivity contribution in [2.75, 3.05) is 20.2 Å². The highest BCUT2D eigenvalue weighted by atomic mass is 79.9. The lowest BCUT2D eigenvalue weighted by atomic mass is 10.2. The maximum absolute atomic E-state index is 11.5. The average molecular weight is 306 g/mol. The molecule has 0 aliphatic rings. The third-order valence-corrected chi connectivity index (χ3v) is 4.05. The maximum atomic E-state index is 11.5. The number of carbonyl (C=O) groups is 1. The molecule has 0 bridgehead atoms. The van der Waals surface area contributed by atoms with E-state index in [4.69, 9.17) is 5.11 Å². The van der Waals surface area contributed by atoms with Gasteiger partial charge in [0.25, 0.3) is 0 Å². The molecule has 1 heterocycles. The number of nitrogens with zero attached hydrogens (tertiary/aromatic N) is 1. The van der Waals surface area contributed by atoms with Gasteiger partial charge in [-0.2, -0.15) is 0 Å². The highest BCUT2D eigenvalue weighted by Gasteiger charge is 2.08. The van der Waals surface area contributed by atoms with Gasteiger partial charge in [-0.05, 0) is 34.8 Å². The van der Waals surface area contributed by atoms with Crippen molar-refractivity contribution >= 4 is 33.2 Å². The number of aliphatic hydroxyl groups is 1. The van der Waals surface area contributed by atoms with Crippen LogP contribution in [0.25, 0.3) is 0 Å². The quantitative estimate of drug-likeness (QED) is 0.876. The van der Waals surface area contributed by atoms with Gasteiger partial charge in [-0.15, -0.1) is 11.3 Å². The molecule has 0 aliphatic carbocycles. The first kappa shape index (κ1) is 13.7. The zero-order valence-corrected chi connectivity index (χ0v) is 11.7. The van der Waals surface area contributed by atoms with Gasteiger partial charge in [0, 0.05) is 41.4 Å². The van der Waals surface area contributed by atoms with Crippen molar-refractivity contribution in [3.63, 3.8) is 0 Å². The summed E-state index contributed by atoms with van der Waals surface area (Å²) in [6.45, 7) is 0.814. The molecule has 16 heavy (non-hydrogen) atoms. The minimum Gasteiger partial charge on any atom is -0.396 e. The number of halogens is 1. The van der Waals surface area contributed by atoms with Crippen LogP contribution in [0, 0.1) is 0 Å². The summed E-state index contributed by atoms with van der Waals surface area (Å²) >= 11 is 5.10. The van der Waals surface area contributed by atoms with E-state index < -0.39 is 0 Å². The summed E-state index contributed by atoms with van der Waals surface area (Å²) in [4.78, 5) is 14.5. The number of amides is 1. The Morgan fingerprint density at radius 3 is 2.94 bits per heavy atom. The van der Waals surface area contributed by atoms with Crippen molar-refractivity contribution in [3.05, 3.63) is 20.8 Å². The smallest absolute Gasteiger partial charge is 0.222 e. The summed E-state index contributed by atoms with van der Waals surface area (Å²) < 4.78 is 1.10. The predicted molar refractivity (Wildman–Crippen MR) is 69.7 cm³/mol. The van der Waals surface area contributed by atoms with E-state index in [-0.39, 0.29) is 12.5 Å². The summed E-state index contributed by atoms with van der Waals surface area (Å²) in [7, 11) is 1.81. The van der Waals surface area contributed by atoms with Crippen LogP contribution in [0.3, 0.4) is 0 Å². The number of hydrogen-bond acceptors (Lipinski definition) is 3. The SMILES string of the molecule is CN(CCc1cc(Br)cs1)C(=O)CCCO. The van der Waals surface area contributed by atoms with Gasteiger partial charge >= 0.3 is 0 Å². The van der Waals surface area contributed by atoms with Crippen LogP contribution in [-0.4, -0.2) is 36.1 Å². The molecule has 5 heteroatoms. The molecule has 0 saturated carbocycles. The molecule has 0 atom stereocenters. The van der Waals surface area contributed by atoms with E-state index in [1.54, 1.807) is 16.2 Å². The maximum Gasteiger partial charge on any atom is 0.222 e. The first-order valence-electron chi connectivity index (χ1n) is 5.21. The topological polar surface area (TPSA) is 40.5 Å². The molecule has 0 saturated heterocycles.